The normalized spacial score (nSPS) is 9.43. The van der Waals surface area contributed by atoms with Gasteiger partial charge in [-0.15, -0.1) is 0 Å². The number of rotatable bonds is 4. The van der Waals surface area contributed by atoms with Crippen molar-refractivity contribution < 1.29 is 0 Å². The molecule has 1 heteroatoms. The van der Waals surface area contributed by atoms with Gasteiger partial charge in [0, 0.05) is 0 Å². The molecule has 0 unspecified atom stereocenters. The molecule has 14 heavy (non-hydrogen) atoms. The summed E-state index contributed by atoms with van der Waals surface area (Å²) in [6, 6.07) is 10.1. The molecule has 72 valence electrons. The number of nitrogens with zero attached hydrogens (tertiary/aromatic N) is 1. The lowest BCUT2D eigenvalue weighted by Crippen LogP contribution is -1.85. The Hall–Kier alpha value is -1.55. The van der Waals surface area contributed by atoms with Gasteiger partial charge in [-0.25, -0.2) is 0 Å². The molecule has 0 saturated heterocycles. The highest BCUT2D eigenvalue weighted by Crippen LogP contribution is 2.13. The lowest BCUT2D eigenvalue weighted by molar-refractivity contribution is 0.795. The molecule has 0 aliphatic rings. The molecule has 0 aliphatic carbocycles. The van der Waals surface area contributed by atoms with Crippen LogP contribution in [0.25, 0.3) is 5.57 Å². The molecule has 0 bridgehead atoms. The van der Waals surface area contributed by atoms with Crippen LogP contribution in [0.15, 0.2) is 30.8 Å². The van der Waals surface area contributed by atoms with Crippen LogP contribution < -0.4 is 0 Å². The van der Waals surface area contributed by atoms with E-state index in [9.17, 15) is 0 Å². The van der Waals surface area contributed by atoms with Gasteiger partial charge in [0.05, 0.1) is 11.6 Å². The van der Waals surface area contributed by atoms with Crippen LogP contribution in [0, 0.1) is 11.3 Å². The van der Waals surface area contributed by atoms with E-state index in [-0.39, 0.29) is 0 Å². The molecule has 0 amide bonds. The van der Waals surface area contributed by atoms with Crippen LogP contribution in [0.3, 0.4) is 0 Å². The third kappa shape index (κ3) is 2.74. The van der Waals surface area contributed by atoms with Gasteiger partial charge in [0.1, 0.15) is 0 Å². The maximum absolute atomic E-state index is 8.65. The van der Waals surface area contributed by atoms with Gasteiger partial charge in [-0.2, -0.15) is 5.26 Å². The first-order valence-electron chi connectivity index (χ1n) is 4.96. The smallest absolute Gasteiger partial charge is 0.0991 e. The molecule has 1 rings (SSSR count). The van der Waals surface area contributed by atoms with E-state index in [4.69, 9.17) is 5.26 Å². The number of hydrogen-bond donors (Lipinski definition) is 0. The van der Waals surface area contributed by atoms with Crippen molar-refractivity contribution in [2.45, 2.75) is 26.2 Å². The topological polar surface area (TPSA) is 23.8 Å². The summed E-state index contributed by atoms with van der Waals surface area (Å²) < 4.78 is 0. The highest BCUT2D eigenvalue weighted by Gasteiger charge is 1.97. The summed E-state index contributed by atoms with van der Waals surface area (Å²) in [5.74, 6) is 0. The van der Waals surface area contributed by atoms with Crippen LogP contribution in [0.1, 0.15) is 30.9 Å². The number of unbranched alkanes of at least 4 members (excludes halogenated alkanes) is 1. The van der Waals surface area contributed by atoms with Crippen LogP contribution in [0.5, 0.6) is 0 Å². The third-order valence-electron chi connectivity index (χ3n) is 2.26. The van der Waals surface area contributed by atoms with Gasteiger partial charge < -0.3 is 0 Å². The van der Waals surface area contributed by atoms with Gasteiger partial charge in [-0.3, -0.25) is 0 Å². The third-order valence-corrected chi connectivity index (χ3v) is 2.26. The van der Waals surface area contributed by atoms with E-state index in [0.717, 1.165) is 12.0 Å². The van der Waals surface area contributed by atoms with Crippen molar-refractivity contribution in [1.29, 1.82) is 5.26 Å². The molecule has 0 N–H and O–H groups in total. The summed E-state index contributed by atoms with van der Waals surface area (Å²) in [4.78, 5) is 0. The summed E-state index contributed by atoms with van der Waals surface area (Å²) in [6.07, 6.45) is 3.56. The number of allylic oxidation sites excluding steroid dienone is 1. The second-order valence-electron chi connectivity index (χ2n) is 3.39. The van der Waals surface area contributed by atoms with Crippen LogP contribution in [0.2, 0.25) is 0 Å². The molecule has 0 radical (unpaired) electrons. The Bertz CT molecular complexity index is 340. The Morgan fingerprint density at radius 1 is 1.36 bits per heavy atom. The van der Waals surface area contributed by atoms with Gasteiger partial charge in [-0.1, -0.05) is 44.2 Å². The number of aryl methyl sites for hydroxylation is 1. The van der Waals surface area contributed by atoms with Crippen molar-refractivity contribution in [3.8, 4) is 6.07 Å². The van der Waals surface area contributed by atoms with E-state index in [2.05, 4.69) is 25.6 Å². The second kappa shape index (κ2) is 5.24. The predicted octanol–water partition coefficient (Wildman–Crippen LogP) is 3.57. The first kappa shape index (κ1) is 10.5. The largest absolute Gasteiger partial charge is 0.192 e. The number of benzene rings is 1. The van der Waals surface area contributed by atoms with E-state index < -0.39 is 0 Å². The molecule has 0 fully saturated rings. The van der Waals surface area contributed by atoms with Crippen LogP contribution in [-0.4, -0.2) is 0 Å². The Morgan fingerprint density at radius 3 is 2.50 bits per heavy atom. The first-order chi connectivity index (χ1) is 6.77. The molecule has 1 aromatic rings. The SMILES string of the molecule is C=C(C#N)c1ccc(CCCC)cc1. The number of nitriles is 1. The molecular formula is C13H15N. The lowest BCUT2D eigenvalue weighted by Gasteiger charge is -2.01. The van der Waals surface area contributed by atoms with Gasteiger partial charge in [-0.05, 0) is 24.0 Å². The average Bonchev–Trinajstić information content (AvgIpc) is 2.26. The molecule has 0 heterocycles. The standard InChI is InChI=1S/C13H15N/c1-3-4-5-12-6-8-13(9-7-12)11(2)10-14/h6-9H,2-5H2,1H3. The van der Waals surface area contributed by atoms with Crippen molar-refractivity contribution in [3.05, 3.63) is 42.0 Å². The highest BCUT2D eigenvalue weighted by atomic mass is 14.2. The van der Waals surface area contributed by atoms with Crippen molar-refractivity contribution >= 4 is 5.57 Å². The van der Waals surface area contributed by atoms with Crippen LogP contribution >= 0.6 is 0 Å². The van der Waals surface area contributed by atoms with Gasteiger partial charge >= 0.3 is 0 Å². The van der Waals surface area contributed by atoms with E-state index in [1.54, 1.807) is 0 Å². The molecule has 0 atom stereocenters. The summed E-state index contributed by atoms with van der Waals surface area (Å²) >= 11 is 0. The Kier molecular flexibility index (Phi) is 3.94. The number of hydrogen-bond acceptors (Lipinski definition) is 1. The molecule has 1 nitrogen and oxygen atoms in total. The molecule has 0 saturated carbocycles. The Balaban J connectivity index is 2.69. The minimum Gasteiger partial charge on any atom is -0.192 e. The Labute approximate surface area is 85.7 Å². The maximum Gasteiger partial charge on any atom is 0.0991 e. The lowest BCUT2D eigenvalue weighted by atomic mass is 10.0. The molecular weight excluding hydrogens is 170 g/mol. The Morgan fingerprint density at radius 2 is 2.00 bits per heavy atom. The molecule has 1 aromatic carbocycles. The summed E-state index contributed by atoms with van der Waals surface area (Å²) in [5, 5.41) is 8.65. The predicted molar refractivity (Wildman–Crippen MR) is 59.7 cm³/mol. The minimum absolute atomic E-state index is 0.534. The van der Waals surface area contributed by atoms with Gasteiger partial charge in [0.15, 0.2) is 0 Å². The molecule has 0 spiro atoms. The van der Waals surface area contributed by atoms with Crippen LogP contribution in [-0.2, 0) is 6.42 Å². The van der Waals surface area contributed by atoms with E-state index >= 15 is 0 Å². The van der Waals surface area contributed by atoms with Crippen molar-refractivity contribution in [2.75, 3.05) is 0 Å². The fourth-order valence-corrected chi connectivity index (χ4v) is 1.32. The summed E-state index contributed by atoms with van der Waals surface area (Å²) in [5.41, 5.74) is 2.79. The monoisotopic (exact) mass is 185 g/mol. The fraction of sp³-hybridized carbons (Fsp3) is 0.308. The maximum atomic E-state index is 8.65. The zero-order valence-corrected chi connectivity index (χ0v) is 8.59. The second-order valence-corrected chi connectivity index (χ2v) is 3.39. The molecule has 0 aromatic heterocycles. The highest BCUT2D eigenvalue weighted by molar-refractivity contribution is 5.74. The summed E-state index contributed by atoms with van der Waals surface area (Å²) in [6.45, 7) is 5.86. The van der Waals surface area contributed by atoms with Crippen LogP contribution in [0.4, 0.5) is 0 Å². The fourth-order valence-electron chi connectivity index (χ4n) is 1.32. The zero-order chi connectivity index (χ0) is 10.4. The van der Waals surface area contributed by atoms with Gasteiger partial charge in [0.2, 0.25) is 0 Å². The summed E-state index contributed by atoms with van der Waals surface area (Å²) in [7, 11) is 0. The minimum atomic E-state index is 0.534. The van der Waals surface area contributed by atoms with Crippen molar-refractivity contribution in [2.24, 2.45) is 0 Å². The van der Waals surface area contributed by atoms with E-state index in [0.29, 0.717) is 5.57 Å². The first-order valence-corrected chi connectivity index (χ1v) is 4.96. The van der Waals surface area contributed by atoms with E-state index in [1.807, 2.05) is 18.2 Å². The van der Waals surface area contributed by atoms with Crippen molar-refractivity contribution in [3.63, 3.8) is 0 Å². The average molecular weight is 185 g/mol. The quantitative estimate of drug-likeness (QED) is 0.658. The van der Waals surface area contributed by atoms with Gasteiger partial charge in [0.25, 0.3) is 0 Å². The molecule has 0 aliphatic heterocycles. The van der Waals surface area contributed by atoms with Crippen molar-refractivity contribution in [1.82, 2.24) is 0 Å². The zero-order valence-electron chi connectivity index (χ0n) is 8.59. The van der Waals surface area contributed by atoms with E-state index in [1.165, 1.54) is 18.4 Å².